The van der Waals surface area contributed by atoms with Gasteiger partial charge in [0.1, 0.15) is 0 Å². The Balaban J connectivity index is 1.98. The molecule has 94 valence electrons. The number of hydrogen-bond acceptors (Lipinski definition) is 2. The lowest BCUT2D eigenvalue weighted by Crippen LogP contribution is -1.93. The summed E-state index contributed by atoms with van der Waals surface area (Å²) in [4.78, 5) is 21.4. The Kier molecular flexibility index (Phi) is 2.95. The number of rotatable bonds is 3. The molecule has 2 aromatic carbocycles. The molecule has 0 bridgehead atoms. The highest BCUT2D eigenvalue weighted by atomic mass is 16.3. The third kappa shape index (κ3) is 2.32. The van der Waals surface area contributed by atoms with Crippen LogP contribution in [-0.4, -0.2) is 5.91 Å². The van der Waals surface area contributed by atoms with Gasteiger partial charge in [-0.3, -0.25) is 4.79 Å². The van der Waals surface area contributed by atoms with Crippen molar-refractivity contribution in [3.05, 3.63) is 64.6 Å². The molecule has 1 amide bonds. The normalized spacial score (nSPS) is 14.1. The Morgan fingerprint density at radius 1 is 1.00 bits per heavy atom. The van der Waals surface area contributed by atoms with Crippen molar-refractivity contribution < 1.29 is 4.79 Å². The fourth-order valence-corrected chi connectivity index (χ4v) is 2.36. The van der Waals surface area contributed by atoms with E-state index in [0.29, 0.717) is 11.5 Å². The van der Waals surface area contributed by atoms with Gasteiger partial charge in [0.15, 0.2) is 0 Å². The summed E-state index contributed by atoms with van der Waals surface area (Å²) in [7, 11) is 0. The first kappa shape index (κ1) is 11.8. The van der Waals surface area contributed by atoms with Crippen molar-refractivity contribution in [1.82, 2.24) is 0 Å². The van der Waals surface area contributed by atoms with Gasteiger partial charge < -0.3 is 0 Å². The Morgan fingerprint density at radius 2 is 1.68 bits per heavy atom. The topological polar surface area (TPSA) is 46.5 Å². The average molecular weight is 251 g/mol. The summed E-state index contributed by atoms with van der Waals surface area (Å²) in [6.45, 7) is 0. The van der Waals surface area contributed by atoms with Gasteiger partial charge in [-0.25, -0.2) is 0 Å². The third-order valence-electron chi connectivity index (χ3n) is 3.50. The highest BCUT2D eigenvalue weighted by Crippen LogP contribution is 2.44. The predicted octanol–water partition coefficient (Wildman–Crippen LogP) is 4.14. The van der Waals surface area contributed by atoms with Crippen LogP contribution in [0.4, 0.5) is 0 Å². The molecule has 1 aliphatic rings. The molecule has 3 heteroatoms. The smallest absolute Gasteiger partial charge is 0.263 e. The molecule has 3 nitrogen and oxygen atoms in total. The second-order valence-electron chi connectivity index (χ2n) is 4.84. The summed E-state index contributed by atoms with van der Waals surface area (Å²) in [6.07, 6.45) is 2.51. The van der Waals surface area contributed by atoms with E-state index in [1.807, 2.05) is 18.2 Å². The first-order chi connectivity index (χ1) is 9.29. The standard InChI is InChI=1S/C16H13NO2/c18-16(17-19)13-9-7-12(8-10-13)15-4-2-1-3-14(15)11-5-6-11/h1-4,7-11H,5-6H2. The van der Waals surface area contributed by atoms with E-state index in [9.17, 15) is 9.70 Å². The van der Waals surface area contributed by atoms with Gasteiger partial charge in [-0.1, -0.05) is 36.4 Å². The van der Waals surface area contributed by atoms with E-state index in [1.165, 1.54) is 24.0 Å². The average Bonchev–Trinajstić information content (AvgIpc) is 3.31. The Labute approximate surface area is 111 Å². The summed E-state index contributed by atoms with van der Waals surface area (Å²) in [5.74, 6) is -0.0452. The van der Waals surface area contributed by atoms with E-state index < -0.39 is 5.91 Å². The number of amides is 1. The first-order valence-electron chi connectivity index (χ1n) is 6.36. The number of nitroso groups, excluding NO2 is 1. The minimum atomic E-state index is -0.720. The summed E-state index contributed by atoms with van der Waals surface area (Å²) in [6, 6.07) is 15.4. The molecule has 1 saturated carbocycles. The fourth-order valence-electron chi connectivity index (χ4n) is 2.36. The number of benzene rings is 2. The molecule has 1 fully saturated rings. The molecule has 19 heavy (non-hydrogen) atoms. The molecular weight excluding hydrogens is 238 g/mol. The number of nitrogens with zero attached hydrogens (tertiary/aromatic N) is 1. The van der Waals surface area contributed by atoms with E-state index in [2.05, 4.69) is 23.4 Å². The monoisotopic (exact) mass is 251 g/mol. The Hall–Kier alpha value is -2.29. The summed E-state index contributed by atoms with van der Waals surface area (Å²) in [5.41, 5.74) is 3.99. The van der Waals surface area contributed by atoms with Crippen molar-refractivity contribution in [2.24, 2.45) is 5.18 Å². The molecule has 1 aliphatic carbocycles. The summed E-state index contributed by atoms with van der Waals surface area (Å²) >= 11 is 0. The summed E-state index contributed by atoms with van der Waals surface area (Å²) in [5, 5.41) is 2.43. The van der Waals surface area contributed by atoms with Crippen molar-refractivity contribution in [2.75, 3.05) is 0 Å². The number of hydrogen-bond donors (Lipinski definition) is 0. The van der Waals surface area contributed by atoms with E-state index in [-0.39, 0.29) is 0 Å². The molecule has 2 aromatic rings. The lowest BCUT2D eigenvalue weighted by atomic mass is 9.96. The maximum Gasteiger partial charge on any atom is 0.316 e. The van der Waals surface area contributed by atoms with Crippen LogP contribution in [0, 0.1) is 4.91 Å². The van der Waals surface area contributed by atoms with Crippen LogP contribution in [0.2, 0.25) is 0 Å². The van der Waals surface area contributed by atoms with Gasteiger partial charge in [0, 0.05) is 10.7 Å². The maximum absolute atomic E-state index is 11.2. The Morgan fingerprint density at radius 3 is 2.32 bits per heavy atom. The van der Waals surface area contributed by atoms with Gasteiger partial charge in [0.2, 0.25) is 0 Å². The van der Waals surface area contributed by atoms with E-state index in [0.717, 1.165) is 5.56 Å². The van der Waals surface area contributed by atoms with Gasteiger partial charge in [0.05, 0.1) is 0 Å². The zero-order chi connectivity index (χ0) is 13.2. The SMILES string of the molecule is O=NC(=O)c1ccc(-c2ccccc2C2CC2)cc1. The van der Waals surface area contributed by atoms with Crippen molar-refractivity contribution >= 4 is 5.91 Å². The maximum atomic E-state index is 11.2. The third-order valence-corrected chi connectivity index (χ3v) is 3.50. The van der Waals surface area contributed by atoms with E-state index in [1.54, 1.807) is 12.1 Å². The van der Waals surface area contributed by atoms with Crippen LogP contribution in [0.5, 0.6) is 0 Å². The van der Waals surface area contributed by atoms with Crippen molar-refractivity contribution in [1.29, 1.82) is 0 Å². The second kappa shape index (κ2) is 4.76. The lowest BCUT2D eigenvalue weighted by Gasteiger charge is -2.08. The van der Waals surface area contributed by atoms with Crippen LogP contribution < -0.4 is 0 Å². The minimum absolute atomic E-state index is 0.336. The molecule has 0 spiro atoms. The van der Waals surface area contributed by atoms with Crippen LogP contribution in [0.3, 0.4) is 0 Å². The summed E-state index contributed by atoms with van der Waals surface area (Å²) < 4.78 is 0. The molecule has 0 aromatic heterocycles. The number of carbonyl (C=O) groups is 1. The lowest BCUT2D eigenvalue weighted by molar-refractivity contribution is 0.100. The molecule has 0 atom stereocenters. The van der Waals surface area contributed by atoms with E-state index >= 15 is 0 Å². The van der Waals surface area contributed by atoms with Crippen LogP contribution in [0.25, 0.3) is 11.1 Å². The second-order valence-corrected chi connectivity index (χ2v) is 4.84. The molecule has 0 unspecified atom stereocenters. The van der Waals surface area contributed by atoms with Crippen molar-refractivity contribution in [2.45, 2.75) is 18.8 Å². The minimum Gasteiger partial charge on any atom is -0.263 e. The Bertz CT molecular complexity index is 627. The first-order valence-corrected chi connectivity index (χ1v) is 6.36. The van der Waals surface area contributed by atoms with E-state index in [4.69, 9.17) is 0 Å². The molecule has 0 aliphatic heterocycles. The fraction of sp³-hybridized carbons (Fsp3) is 0.188. The van der Waals surface area contributed by atoms with Crippen molar-refractivity contribution in [3.8, 4) is 11.1 Å². The molecule has 0 N–H and O–H groups in total. The van der Waals surface area contributed by atoms with Gasteiger partial charge in [-0.2, -0.15) is 0 Å². The van der Waals surface area contributed by atoms with Crippen LogP contribution >= 0.6 is 0 Å². The molecule has 0 radical (unpaired) electrons. The van der Waals surface area contributed by atoms with Crippen LogP contribution in [0.15, 0.2) is 53.7 Å². The van der Waals surface area contributed by atoms with Gasteiger partial charge in [-0.05, 0) is 47.6 Å². The largest absolute Gasteiger partial charge is 0.316 e. The molecule has 0 heterocycles. The number of carbonyl (C=O) groups excluding carboxylic acids is 1. The van der Waals surface area contributed by atoms with Gasteiger partial charge in [0.25, 0.3) is 0 Å². The zero-order valence-corrected chi connectivity index (χ0v) is 10.4. The van der Waals surface area contributed by atoms with Crippen LogP contribution in [-0.2, 0) is 0 Å². The molecule has 0 saturated heterocycles. The van der Waals surface area contributed by atoms with Crippen LogP contribution in [0.1, 0.15) is 34.7 Å². The van der Waals surface area contributed by atoms with Gasteiger partial charge >= 0.3 is 5.91 Å². The quantitative estimate of drug-likeness (QED) is 0.770. The van der Waals surface area contributed by atoms with Gasteiger partial charge in [-0.15, -0.1) is 4.91 Å². The highest BCUT2D eigenvalue weighted by molar-refractivity contribution is 5.95. The predicted molar refractivity (Wildman–Crippen MR) is 74.0 cm³/mol. The molecular formula is C16H13NO2. The van der Waals surface area contributed by atoms with Crippen molar-refractivity contribution in [3.63, 3.8) is 0 Å². The molecule has 3 rings (SSSR count). The zero-order valence-electron chi connectivity index (χ0n) is 10.4. The highest BCUT2D eigenvalue weighted by Gasteiger charge is 2.25.